The lowest BCUT2D eigenvalue weighted by atomic mass is 10.0. The molecule has 114 valence electrons. The molecule has 0 saturated heterocycles. The van der Waals surface area contributed by atoms with Gasteiger partial charge >= 0.3 is 0 Å². The second-order valence-corrected chi connectivity index (χ2v) is 5.84. The van der Waals surface area contributed by atoms with Crippen LogP contribution in [-0.4, -0.2) is 11.8 Å². The van der Waals surface area contributed by atoms with Crippen LogP contribution in [-0.2, 0) is 0 Å². The number of amides is 2. The third-order valence-electron chi connectivity index (χ3n) is 3.42. The molecule has 0 bridgehead atoms. The third kappa shape index (κ3) is 3.95. The van der Waals surface area contributed by atoms with E-state index in [1.54, 1.807) is 24.3 Å². The summed E-state index contributed by atoms with van der Waals surface area (Å²) in [5.41, 5.74) is 7.12. The van der Waals surface area contributed by atoms with Crippen molar-refractivity contribution in [2.75, 3.05) is 0 Å². The maximum absolute atomic E-state index is 12.3. The Bertz CT molecular complexity index is 666. The van der Waals surface area contributed by atoms with E-state index in [0.717, 1.165) is 16.5 Å². The first-order valence-corrected chi connectivity index (χ1v) is 7.76. The van der Waals surface area contributed by atoms with Gasteiger partial charge in [-0.25, -0.2) is 0 Å². The van der Waals surface area contributed by atoms with E-state index in [0.29, 0.717) is 11.1 Å². The average molecular weight is 361 g/mol. The third-order valence-corrected chi connectivity index (χ3v) is 3.95. The molecule has 0 aliphatic rings. The van der Waals surface area contributed by atoms with Crippen molar-refractivity contribution in [2.24, 2.45) is 5.73 Å². The van der Waals surface area contributed by atoms with E-state index in [4.69, 9.17) is 5.73 Å². The summed E-state index contributed by atoms with van der Waals surface area (Å²) in [4.78, 5) is 23.3. The molecule has 0 fully saturated rings. The van der Waals surface area contributed by atoms with E-state index >= 15 is 0 Å². The molecule has 0 aromatic heterocycles. The maximum atomic E-state index is 12.3. The molecule has 4 nitrogen and oxygen atoms in total. The summed E-state index contributed by atoms with van der Waals surface area (Å²) < 4.78 is 1.000. The number of benzene rings is 2. The van der Waals surface area contributed by atoms with E-state index in [-0.39, 0.29) is 11.9 Å². The van der Waals surface area contributed by atoms with Crippen molar-refractivity contribution in [1.82, 2.24) is 5.32 Å². The molecule has 5 heteroatoms. The molecular weight excluding hydrogens is 344 g/mol. The molecule has 0 spiro atoms. The van der Waals surface area contributed by atoms with Crippen LogP contribution >= 0.6 is 15.9 Å². The number of carbonyl (C=O) groups is 2. The van der Waals surface area contributed by atoms with Gasteiger partial charge in [-0.05, 0) is 48.4 Å². The van der Waals surface area contributed by atoms with Gasteiger partial charge in [0.1, 0.15) is 0 Å². The van der Waals surface area contributed by atoms with Gasteiger partial charge in [0, 0.05) is 15.6 Å². The molecular formula is C17H17BrN2O2. The number of nitrogens with two attached hydrogens (primary N) is 1. The zero-order valence-electron chi connectivity index (χ0n) is 12.2. The van der Waals surface area contributed by atoms with Crippen molar-refractivity contribution in [2.45, 2.75) is 19.4 Å². The Morgan fingerprint density at radius 3 is 2.09 bits per heavy atom. The molecule has 1 atom stereocenters. The predicted molar refractivity (Wildman–Crippen MR) is 89.6 cm³/mol. The van der Waals surface area contributed by atoms with E-state index in [9.17, 15) is 9.59 Å². The van der Waals surface area contributed by atoms with Crippen LogP contribution in [0.3, 0.4) is 0 Å². The Kier molecular flexibility index (Phi) is 5.33. The van der Waals surface area contributed by atoms with Crippen LogP contribution in [0.5, 0.6) is 0 Å². The molecule has 0 aliphatic carbocycles. The maximum Gasteiger partial charge on any atom is 0.251 e. The van der Waals surface area contributed by atoms with Gasteiger partial charge < -0.3 is 11.1 Å². The molecule has 2 aromatic rings. The van der Waals surface area contributed by atoms with Crippen molar-refractivity contribution in [1.29, 1.82) is 0 Å². The van der Waals surface area contributed by atoms with Gasteiger partial charge in [-0.1, -0.05) is 35.0 Å². The summed E-state index contributed by atoms with van der Waals surface area (Å²) in [5.74, 6) is -0.681. The van der Waals surface area contributed by atoms with E-state index in [1.807, 2.05) is 31.2 Å². The number of carbonyl (C=O) groups excluding carboxylic acids is 2. The van der Waals surface area contributed by atoms with E-state index < -0.39 is 5.91 Å². The van der Waals surface area contributed by atoms with Gasteiger partial charge in [-0.15, -0.1) is 0 Å². The molecule has 0 saturated carbocycles. The van der Waals surface area contributed by atoms with Crippen LogP contribution in [0.1, 0.15) is 45.7 Å². The zero-order chi connectivity index (χ0) is 16.1. The molecule has 2 rings (SSSR count). The second kappa shape index (κ2) is 7.22. The fourth-order valence-electron chi connectivity index (χ4n) is 2.14. The van der Waals surface area contributed by atoms with Gasteiger partial charge in [-0.2, -0.15) is 0 Å². The highest BCUT2D eigenvalue weighted by Gasteiger charge is 2.14. The average Bonchev–Trinajstić information content (AvgIpc) is 2.53. The van der Waals surface area contributed by atoms with Crippen LogP contribution in [0.4, 0.5) is 0 Å². The van der Waals surface area contributed by atoms with Crippen molar-refractivity contribution < 1.29 is 9.59 Å². The SMILES string of the molecule is CCC(NC(=O)c1ccc(C(N)=O)cc1)c1ccc(Br)cc1. The largest absolute Gasteiger partial charge is 0.366 e. The topological polar surface area (TPSA) is 72.2 Å². The molecule has 0 radical (unpaired) electrons. The standard InChI is InChI=1S/C17H17BrN2O2/c1-2-15(11-7-9-14(18)10-8-11)20-17(22)13-5-3-12(4-6-13)16(19)21/h3-10,15H,2H2,1H3,(H2,19,21)(H,20,22). The Balaban J connectivity index is 2.11. The summed E-state index contributed by atoms with van der Waals surface area (Å²) >= 11 is 3.40. The molecule has 0 aliphatic heterocycles. The highest BCUT2D eigenvalue weighted by molar-refractivity contribution is 9.10. The van der Waals surface area contributed by atoms with Crippen LogP contribution in [0.15, 0.2) is 53.0 Å². The fraction of sp³-hybridized carbons (Fsp3) is 0.176. The number of halogens is 1. The van der Waals surface area contributed by atoms with Crippen molar-refractivity contribution in [3.05, 3.63) is 69.7 Å². The second-order valence-electron chi connectivity index (χ2n) is 4.93. The summed E-state index contributed by atoms with van der Waals surface area (Å²) in [6.45, 7) is 2.02. The molecule has 0 heterocycles. The van der Waals surface area contributed by atoms with Gasteiger partial charge in [-0.3, -0.25) is 9.59 Å². The molecule has 2 aromatic carbocycles. The van der Waals surface area contributed by atoms with E-state index in [2.05, 4.69) is 21.2 Å². The van der Waals surface area contributed by atoms with Gasteiger partial charge in [0.15, 0.2) is 0 Å². The first-order chi connectivity index (χ1) is 10.5. The Morgan fingerprint density at radius 1 is 1.05 bits per heavy atom. The number of hydrogen-bond acceptors (Lipinski definition) is 2. The number of hydrogen-bond donors (Lipinski definition) is 2. The molecule has 3 N–H and O–H groups in total. The number of rotatable bonds is 5. The van der Waals surface area contributed by atoms with Gasteiger partial charge in [0.2, 0.25) is 5.91 Å². The van der Waals surface area contributed by atoms with Crippen LogP contribution < -0.4 is 11.1 Å². The molecule has 2 amide bonds. The van der Waals surface area contributed by atoms with Crippen LogP contribution in [0.25, 0.3) is 0 Å². The molecule has 1 unspecified atom stereocenters. The minimum absolute atomic E-state index is 0.0589. The van der Waals surface area contributed by atoms with Crippen LogP contribution in [0.2, 0.25) is 0 Å². The van der Waals surface area contributed by atoms with E-state index in [1.165, 1.54) is 0 Å². The zero-order valence-corrected chi connectivity index (χ0v) is 13.8. The lowest BCUT2D eigenvalue weighted by molar-refractivity contribution is 0.0933. The van der Waals surface area contributed by atoms with Crippen molar-refractivity contribution in [3.8, 4) is 0 Å². The van der Waals surface area contributed by atoms with Gasteiger partial charge in [0.25, 0.3) is 5.91 Å². The highest BCUT2D eigenvalue weighted by atomic mass is 79.9. The van der Waals surface area contributed by atoms with Gasteiger partial charge in [0.05, 0.1) is 6.04 Å². The fourth-order valence-corrected chi connectivity index (χ4v) is 2.41. The summed E-state index contributed by atoms with van der Waals surface area (Å²) in [6.07, 6.45) is 0.784. The summed E-state index contributed by atoms with van der Waals surface area (Å²) in [5, 5.41) is 3.00. The lowest BCUT2D eigenvalue weighted by Gasteiger charge is -2.17. The Morgan fingerprint density at radius 2 is 1.59 bits per heavy atom. The number of nitrogens with one attached hydrogen (secondary N) is 1. The van der Waals surface area contributed by atoms with Crippen molar-refractivity contribution >= 4 is 27.7 Å². The predicted octanol–water partition coefficient (Wildman–Crippen LogP) is 3.43. The normalized spacial score (nSPS) is 11.7. The number of primary amides is 1. The van der Waals surface area contributed by atoms with Crippen LogP contribution in [0, 0.1) is 0 Å². The first-order valence-electron chi connectivity index (χ1n) is 6.97. The smallest absolute Gasteiger partial charge is 0.251 e. The quantitative estimate of drug-likeness (QED) is 0.857. The summed E-state index contributed by atoms with van der Waals surface area (Å²) in [7, 11) is 0. The monoisotopic (exact) mass is 360 g/mol. The minimum Gasteiger partial charge on any atom is -0.366 e. The van der Waals surface area contributed by atoms with Crippen molar-refractivity contribution in [3.63, 3.8) is 0 Å². The highest BCUT2D eigenvalue weighted by Crippen LogP contribution is 2.20. The Hall–Kier alpha value is -2.14. The molecule has 22 heavy (non-hydrogen) atoms. The summed E-state index contributed by atoms with van der Waals surface area (Å²) in [6, 6.07) is 14.1. The first kappa shape index (κ1) is 16.2. The minimum atomic E-state index is -0.506. The Labute approximate surface area is 137 Å². The lowest BCUT2D eigenvalue weighted by Crippen LogP contribution is -2.28.